The van der Waals surface area contributed by atoms with Crippen molar-refractivity contribution < 1.29 is 27.7 Å². The molecular formula is C20H23F3N4O4. The minimum atomic E-state index is -4.67. The van der Waals surface area contributed by atoms with Crippen LogP contribution in [0.15, 0.2) is 30.9 Å². The highest BCUT2D eigenvalue weighted by molar-refractivity contribution is 5.87. The lowest BCUT2D eigenvalue weighted by Gasteiger charge is -2.39. The van der Waals surface area contributed by atoms with Gasteiger partial charge in [-0.05, 0) is 31.1 Å². The number of rotatable bonds is 4. The molecule has 2 fully saturated rings. The lowest BCUT2D eigenvalue weighted by molar-refractivity contribution is -0.384. The summed E-state index contributed by atoms with van der Waals surface area (Å²) in [6.45, 7) is 5.64. The van der Waals surface area contributed by atoms with Gasteiger partial charge in [0.15, 0.2) is 0 Å². The van der Waals surface area contributed by atoms with Crippen molar-refractivity contribution in [2.75, 3.05) is 44.2 Å². The Bertz CT molecular complexity index is 874. The number of nitrogens with zero attached hydrogens (tertiary/aromatic N) is 4. The van der Waals surface area contributed by atoms with Gasteiger partial charge in [-0.2, -0.15) is 13.2 Å². The van der Waals surface area contributed by atoms with Crippen LogP contribution in [-0.4, -0.2) is 65.8 Å². The molecule has 0 aromatic heterocycles. The number of carbonyl (C=O) groups excluding carboxylic acids is 2. The van der Waals surface area contributed by atoms with Gasteiger partial charge in [0.05, 0.1) is 10.5 Å². The number of piperidine rings is 1. The van der Waals surface area contributed by atoms with Crippen molar-refractivity contribution in [3.63, 3.8) is 0 Å². The Kier molecular flexibility index (Phi) is 6.51. The van der Waals surface area contributed by atoms with Gasteiger partial charge in [-0.3, -0.25) is 19.7 Å². The fourth-order valence-corrected chi connectivity index (χ4v) is 4.02. The monoisotopic (exact) mass is 440 g/mol. The van der Waals surface area contributed by atoms with E-state index >= 15 is 0 Å². The number of likely N-dealkylation sites (tertiary alicyclic amines) is 1. The maximum atomic E-state index is 12.9. The van der Waals surface area contributed by atoms with Crippen molar-refractivity contribution in [3.8, 4) is 0 Å². The van der Waals surface area contributed by atoms with E-state index < -0.39 is 22.4 Å². The third-order valence-corrected chi connectivity index (χ3v) is 5.76. The van der Waals surface area contributed by atoms with Gasteiger partial charge in [0.2, 0.25) is 11.8 Å². The van der Waals surface area contributed by atoms with Gasteiger partial charge < -0.3 is 14.7 Å². The minimum Gasteiger partial charge on any atom is -0.362 e. The molecule has 0 N–H and O–H groups in total. The number of nitro groups is 1. The van der Waals surface area contributed by atoms with E-state index in [-0.39, 0.29) is 36.5 Å². The molecule has 0 unspecified atom stereocenters. The number of hydrogen-bond acceptors (Lipinski definition) is 5. The van der Waals surface area contributed by atoms with E-state index in [9.17, 15) is 32.9 Å². The molecule has 1 aromatic carbocycles. The zero-order valence-electron chi connectivity index (χ0n) is 16.8. The number of benzene rings is 1. The van der Waals surface area contributed by atoms with Crippen LogP contribution in [0.25, 0.3) is 0 Å². The highest BCUT2D eigenvalue weighted by Crippen LogP contribution is 2.37. The van der Waals surface area contributed by atoms with Crippen LogP contribution < -0.4 is 4.90 Å². The molecule has 2 heterocycles. The molecule has 2 saturated heterocycles. The van der Waals surface area contributed by atoms with Crippen molar-refractivity contribution in [3.05, 3.63) is 46.5 Å². The highest BCUT2D eigenvalue weighted by Gasteiger charge is 2.35. The third kappa shape index (κ3) is 4.97. The summed E-state index contributed by atoms with van der Waals surface area (Å²) in [5, 5.41) is 11.3. The molecule has 2 amide bonds. The van der Waals surface area contributed by atoms with Gasteiger partial charge in [0.1, 0.15) is 5.69 Å². The Labute approximate surface area is 177 Å². The summed E-state index contributed by atoms with van der Waals surface area (Å²) in [5.74, 6) is -0.370. The summed E-state index contributed by atoms with van der Waals surface area (Å²) < 4.78 is 38.7. The van der Waals surface area contributed by atoms with Gasteiger partial charge in [0, 0.05) is 51.3 Å². The number of anilines is 1. The van der Waals surface area contributed by atoms with Crippen molar-refractivity contribution >= 4 is 23.2 Å². The van der Waals surface area contributed by atoms with Gasteiger partial charge in [-0.25, -0.2) is 0 Å². The molecule has 0 saturated carbocycles. The first kappa shape index (κ1) is 22.6. The van der Waals surface area contributed by atoms with Crippen LogP contribution in [0.3, 0.4) is 0 Å². The van der Waals surface area contributed by atoms with Crippen molar-refractivity contribution in [1.29, 1.82) is 0 Å². The summed E-state index contributed by atoms with van der Waals surface area (Å²) in [7, 11) is 0. The van der Waals surface area contributed by atoms with Crippen LogP contribution >= 0.6 is 0 Å². The second-order valence-corrected chi connectivity index (χ2v) is 7.57. The second kappa shape index (κ2) is 8.94. The predicted octanol–water partition coefficient (Wildman–Crippen LogP) is 2.69. The average molecular weight is 440 g/mol. The maximum Gasteiger partial charge on any atom is 0.416 e. The standard InChI is InChI=1S/C20H23F3N4O4/c1-2-18(28)25-7-5-14(6-8-25)19(29)26-11-9-24(10-12-26)16-4-3-15(20(21,22)23)13-17(16)27(30)31/h2-4,13-14H,1,5-12H2. The van der Waals surface area contributed by atoms with E-state index in [1.165, 1.54) is 6.08 Å². The summed E-state index contributed by atoms with van der Waals surface area (Å²) in [6.07, 6.45) is -2.30. The molecule has 1 aromatic rings. The van der Waals surface area contributed by atoms with E-state index in [1.54, 1.807) is 14.7 Å². The van der Waals surface area contributed by atoms with Crippen LogP contribution in [0.5, 0.6) is 0 Å². The fourth-order valence-electron chi connectivity index (χ4n) is 4.02. The Hall–Kier alpha value is -3.11. The summed E-state index contributed by atoms with van der Waals surface area (Å²) in [5.41, 5.74) is -1.56. The van der Waals surface area contributed by atoms with Crippen molar-refractivity contribution in [2.24, 2.45) is 5.92 Å². The molecule has 2 aliphatic rings. The Balaban J connectivity index is 1.62. The second-order valence-electron chi connectivity index (χ2n) is 7.57. The molecule has 31 heavy (non-hydrogen) atoms. The van der Waals surface area contributed by atoms with E-state index in [2.05, 4.69) is 6.58 Å². The fraction of sp³-hybridized carbons (Fsp3) is 0.500. The minimum absolute atomic E-state index is 0.0210. The SMILES string of the molecule is C=CC(=O)N1CCC(C(=O)N2CCN(c3ccc(C(F)(F)F)cc3[N+](=O)[O-])CC2)CC1. The van der Waals surface area contributed by atoms with Crippen LogP contribution in [0.2, 0.25) is 0 Å². The number of amides is 2. The van der Waals surface area contributed by atoms with Crippen LogP contribution in [-0.2, 0) is 15.8 Å². The summed E-state index contributed by atoms with van der Waals surface area (Å²) >= 11 is 0. The van der Waals surface area contributed by atoms with E-state index in [1.807, 2.05) is 0 Å². The Morgan fingerprint density at radius 1 is 1.06 bits per heavy atom. The van der Waals surface area contributed by atoms with Crippen LogP contribution in [0, 0.1) is 16.0 Å². The number of hydrogen-bond donors (Lipinski definition) is 0. The van der Waals surface area contributed by atoms with Gasteiger partial charge in [0.25, 0.3) is 5.69 Å². The van der Waals surface area contributed by atoms with E-state index in [0.717, 1.165) is 12.1 Å². The number of alkyl halides is 3. The molecule has 0 aliphatic carbocycles. The lowest BCUT2D eigenvalue weighted by atomic mass is 9.95. The first-order chi connectivity index (χ1) is 14.6. The Morgan fingerprint density at radius 2 is 1.68 bits per heavy atom. The third-order valence-electron chi connectivity index (χ3n) is 5.76. The zero-order chi connectivity index (χ0) is 22.8. The zero-order valence-corrected chi connectivity index (χ0v) is 16.8. The molecule has 0 bridgehead atoms. The normalized spacial score (nSPS) is 18.1. The van der Waals surface area contributed by atoms with E-state index in [4.69, 9.17) is 0 Å². The summed E-state index contributed by atoms with van der Waals surface area (Å²) in [4.78, 5) is 40.0. The molecular weight excluding hydrogens is 417 g/mol. The van der Waals surface area contributed by atoms with Crippen molar-refractivity contribution in [1.82, 2.24) is 9.80 Å². The molecule has 11 heteroatoms. The molecule has 3 rings (SSSR count). The molecule has 8 nitrogen and oxygen atoms in total. The topological polar surface area (TPSA) is 87.0 Å². The predicted molar refractivity (Wildman–Crippen MR) is 106 cm³/mol. The quantitative estimate of drug-likeness (QED) is 0.408. The number of nitro benzene ring substituents is 1. The number of carbonyl (C=O) groups is 2. The van der Waals surface area contributed by atoms with Gasteiger partial charge >= 0.3 is 6.18 Å². The molecule has 168 valence electrons. The smallest absolute Gasteiger partial charge is 0.362 e. The highest BCUT2D eigenvalue weighted by atomic mass is 19.4. The van der Waals surface area contributed by atoms with Gasteiger partial charge in [-0.1, -0.05) is 6.58 Å². The molecule has 2 aliphatic heterocycles. The van der Waals surface area contributed by atoms with Crippen LogP contribution in [0.4, 0.5) is 24.5 Å². The summed E-state index contributed by atoms with van der Waals surface area (Å²) in [6, 6.07) is 2.49. The first-order valence-electron chi connectivity index (χ1n) is 9.92. The molecule has 0 radical (unpaired) electrons. The maximum absolute atomic E-state index is 12.9. The van der Waals surface area contributed by atoms with E-state index in [0.29, 0.717) is 45.1 Å². The average Bonchev–Trinajstić information content (AvgIpc) is 2.77. The Morgan fingerprint density at radius 3 is 2.19 bits per heavy atom. The number of piperazine rings is 1. The molecule has 0 atom stereocenters. The first-order valence-corrected chi connectivity index (χ1v) is 9.92. The largest absolute Gasteiger partial charge is 0.416 e. The van der Waals surface area contributed by atoms with Crippen LogP contribution in [0.1, 0.15) is 18.4 Å². The van der Waals surface area contributed by atoms with Crippen molar-refractivity contribution in [2.45, 2.75) is 19.0 Å². The lowest BCUT2D eigenvalue weighted by Crippen LogP contribution is -2.52. The number of halogens is 3. The van der Waals surface area contributed by atoms with Gasteiger partial charge in [-0.15, -0.1) is 0 Å². The molecule has 0 spiro atoms.